The molecule has 3 N–H and O–H groups in total. The van der Waals surface area contributed by atoms with Crippen molar-refractivity contribution >= 4 is 22.8 Å². The van der Waals surface area contributed by atoms with E-state index < -0.39 is 0 Å². The van der Waals surface area contributed by atoms with Crippen LogP contribution in [-0.2, 0) is 6.42 Å². The van der Waals surface area contributed by atoms with Crippen molar-refractivity contribution in [3.8, 4) is 0 Å². The van der Waals surface area contributed by atoms with Gasteiger partial charge in [-0.3, -0.25) is 4.98 Å². The van der Waals surface area contributed by atoms with E-state index in [2.05, 4.69) is 32.1 Å². The highest BCUT2D eigenvalue weighted by Gasteiger charge is 2.17. The molecule has 100 valence electrons. The first kappa shape index (κ1) is 12.1. The summed E-state index contributed by atoms with van der Waals surface area (Å²) in [5, 5.41) is 3.33. The van der Waals surface area contributed by atoms with Crippen molar-refractivity contribution in [3.63, 3.8) is 0 Å². The number of hydrogen-bond donors (Lipinski definition) is 2. The van der Waals surface area contributed by atoms with Crippen molar-refractivity contribution in [2.75, 3.05) is 36.8 Å². The summed E-state index contributed by atoms with van der Waals surface area (Å²) in [4.78, 5) is 15.4. The van der Waals surface area contributed by atoms with Gasteiger partial charge in [0.1, 0.15) is 5.52 Å². The Morgan fingerprint density at radius 3 is 2.84 bits per heavy atom. The van der Waals surface area contributed by atoms with Gasteiger partial charge in [-0.1, -0.05) is 6.92 Å². The van der Waals surface area contributed by atoms with Crippen LogP contribution in [0.1, 0.15) is 12.5 Å². The van der Waals surface area contributed by atoms with Gasteiger partial charge in [0.05, 0.1) is 5.52 Å². The van der Waals surface area contributed by atoms with E-state index >= 15 is 0 Å². The minimum atomic E-state index is 0.316. The van der Waals surface area contributed by atoms with Crippen molar-refractivity contribution in [2.45, 2.75) is 13.3 Å². The number of aryl methyl sites for hydroxylation is 1. The minimum Gasteiger partial charge on any atom is -0.368 e. The Labute approximate surface area is 112 Å². The monoisotopic (exact) mass is 258 g/mol. The first-order valence-electron chi connectivity index (χ1n) is 6.65. The highest BCUT2D eigenvalue weighted by Crippen LogP contribution is 2.23. The fraction of sp³-hybridized carbons (Fsp3) is 0.462. The summed E-state index contributed by atoms with van der Waals surface area (Å²) >= 11 is 0. The molecular weight excluding hydrogens is 240 g/mol. The normalized spacial score (nSPS) is 15.9. The number of anilines is 2. The Bertz CT molecular complexity index is 591. The molecule has 0 saturated carbocycles. The lowest BCUT2D eigenvalue weighted by Gasteiger charge is -2.28. The number of rotatable bonds is 2. The standard InChI is InChI=1S/C13H18N6/c1-2-9-7-10-11(16-8-9)12(18-13(14)17-10)19-5-3-15-4-6-19/h7-8,15H,2-6H2,1H3,(H2,14,17,18). The fourth-order valence-electron chi connectivity index (χ4n) is 2.35. The lowest BCUT2D eigenvalue weighted by molar-refractivity contribution is 0.586. The molecule has 1 fully saturated rings. The van der Waals surface area contributed by atoms with Gasteiger partial charge in [-0.05, 0) is 18.1 Å². The van der Waals surface area contributed by atoms with E-state index in [0.29, 0.717) is 5.95 Å². The molecule has 3 rings (SSSR count). The summed E-state index contributed by atoms with van der Waals surface area (Å²) in [6, 6.07) is 2.05. The number of hydrogen-bond acceptors (Lipinski definition) is 6. The predicted octanol–water partition coefficient (Wildman–Crippen LogP) is 0.579. The lowest BCUT2D eigenvalue weighted by atomic mass is 10.2. The second kappa shape index (κ2) is 4.97. The van der Waals surface area contributed by atoms with Crippen molar-refractivity contribution in [1.82, 2.24) is 20.3 Å². The Hall–Kier alpha value is -1.95. The van der Waals surface area contributed by atoms with Crippen molar-refractivity contribution in [3.05, 3.63) is 17.8 Å². The summed E-state index contributed by atoms with van der Waals surface area (Å²) in [5.41, 5.74) is 8.67. The van der Waals surface area contributed by atoms with Crippen LogP contribution in [0.2, 0.25) is 0 Å². The van der Waals surface area contributed by atoms with E-state index in [4.69, 9.17) is 5.73 Å². The molecule has 6 heteroatoms. The molecule has 1 aliphatic heterocycles. The zero-order valence-corrected chi connectivity index (χ0v) is 11.1. The number of aromatic nitrogens is 3. The van der Waals surface area contributed by atoms with Crippen LogP contribution >= 0.6 is 0 Å². The number of pyridine rings is 1. The van der Waals surface area contributed by atoms with Crippen LogP contribution in [0.3, 0.4) is 0 Å². The molecule has 0 aliphatic carbocycles. The summed E-state index contributed by atoms with van der Waals surface area (Å²) in [6.07, 6.45) is 2.84. The van der Waals surface area contributed by atoms with Crippen LogP contribution in [0.25, 0.3) is 11.0 Å². The van der Waals surface area contributed by atoms with E-state index in [-0.39, 0.29) is 0 Å². The molecule has 0 spiro atoms. The van der Waals surface area contributed by atoms with Gasteiger partial charge in [-0.2, -0.15) is 4.98 Å². The number of nitrogens with two attached hydrogens (primary N) is 1. The van der Waals surface area contributed by atoms with Gasteiger partial charge in [0.2, 0.25) is 5.95 Å². The molecular formula is C13H18N6. The average Bonchev–Trinajstić information content (AvgIpc) is 2.46. The summed E-state index contributed by atoms with van der Waals surface area (Å²) in [6.45, 7) is 5.85. The summed E-state index contributed by atoms with van der Waals surface area (Å²) in [5.74, 6) is 1.17. The molecule has 0 aromatic carbocycles. The molecule has 1 aliphatic rings. The van der Waals surface area contributed by atoms with Crippen LogP contribution in [-0.4, -0.2) is 41.1 Å². The van der Waals surface area contributed by atoms with E-state index in [9.17, 15) is 0 Å². The van der Waals surface area contributed by atoms with E-state index in [1.165, 1.54) is 0 Å². The molecule has 0 unspecified atom stereocenters. The molecule has 2 aromatic heterocycles. The maximum Gasteiger partial charge on any atom is 0.222 e. The van der Waals surface area contributed by atoms with Gasteiger partial charge in [-0.15, -0.1) is 0 Å². The van der Waals surface area contributed by atoms with Crippen molar-refractivity contribution in [2.24, 2.45) is 0 Å². The second-order valence-electron chi connectivity index (χ2n) is 4.71. The number of nitrogen functional groups attached to an aromatic ring is 1. The zero-order chi connectivity index (χ0) is 13.2. The second-order valence-corrected chi connectivity index (χ2v) is 4.71. The van der Waals surface area contributed by atoms with Gasteiger partial charge in [0.25, 0.3) is 0 Å². The Morgan fingerprint density at radius 2 is 2.11 bits per heavy atom. The third kappa shape index (κ3) is 2.31. The summed E-state index contributed by atoms with van der Waals surface area (Å²) in [7, 11) is 0. The first-order chi connectivity index (χ1) is 9.28. The smallest absolute Gasteiger partial charge is 0.222 e. The minimum absolute atomic E-state index is 0.316. The van der Waals surface area contributed by atoms with Gasteiger partial charge in [0.15, 0.2) is 5.82 Å². The number of nitrogens with one attached hydrogen (secondary N) is 1. The van der Waals surface area contributed by atoms with Crippen LogP contribution in [0.5, 0.6) is 0 Å². The molecule has 3 heterocycles. The molecule has 6 nitrogen and oxygen atoms in total. The highest BCUT2D eigenvalue weighted by atomic mass is 15.3. The average molecular weight is 258 g/mol. The molecule has 0 radical (unpaired) electrons. The van der Waals surface area contributed by atoms with Gasteiger partial charge in [-0.25, -0.2) is 4.98 Å². The van der Waals surface area contributed by atoms with E-state index in [1.807, 2.05) is 12.3 Å². The molecule has 19 heavy (non-hydrogen) atoms. The molecule has 0 bridgehead atoms. The molecule has 0 atom stereocenters. The van der Waals surface area contributed by atoms with Crippen molar-refractivity contribution in [1.29, 1.82) is 0 Å². The predicted molar refractivity (Wildman–Crippen MR) is 76.2 cm³/mol. The Balaban J connectivity index is 2.11. The third-order valence-corrected chi connectivity index (χ3v) is 3.42. The maximum atomic E-state index is 5.83. The van der Waals surface area contributed by atoms with Crippen LogP contribution < -0.4 is 16.0 Å². The lowest BCUT2D eigenvalue weighted by Crippen LogP contribution is -2.44. The number of fused-ring (bicyclic) bond motifs is 1. The molecule has 1 saturated heterocycles. The van der Waals surface area contributed by atoms with E-state index in [1.54, 1.807) is 0 Å². The number of nitrogens with zero attached hydrogens (tertiary/aromatic N) is 4. The number of piperazine rings is 1. The Morgan fingerprint density at radius 1 is 1.32 bits per heavy atom. The van der Waals surface area contributed by atoms with Crippen LogP contribution in [0, 0.1) is 0 Å². The largest absolute Gasteiger partial charge is 0.368 e. The van der Waals surface area contributed by atoms with Crippen molar-refractivity contribution < 1.29 is 0 Å². The SMILES string of the molecule is CCc1cnc2c(N3CCNCC3)nc(N)nc2c1. The van der Waals surface area contributed by atoms with E-state index in [0.717, 1.165) is 55.0 Å². The summed E-state index contributed by atoms with van der Waals surface area (Å²) < 4.78 is 0. The van der Waals surface area contributed by atoms with Gasteiger partial charge < -0.3 is 16.0 Å². The Kier molecular flexibility index (Phi) is 3.16. The van der Waals surface area contributed by atoms with Crippen LogP contribution in [0.15, 0.2) is 12.3 Å². The fourth-order valence-corrected chi connectivity index (χ4v) is 2.35. The molecule has 0 amide bonds. The topological polar surface area (TPSA) is 80.0 Å². The van der Waals surface area contributed by atoms with Crippen LogP contribution in [0.4, 0.5) is 11.8 Å². The zero-order valence-electron chi connectivity index (χ0n) is 11.1. The third-order valence-electron chi connectivity index (χ3n) is 3.42. The first-order valence-corrected chi connectivity index (χ1v) is 6.65. The highest BCUT2D eigenvalue weighted by molar-refractivity contribution is 5.87. The quantitative estimate of drug-likeness (QED) is 0.820. The molecule has 2 aromatic rings. The maximum absolute atomic E-state index is 5.83. The van der Waals surface area contributed by atoms with Gasteiger partial charge in [0, 0.05) is 32.4 Å². The van der Waals surface area contributed by atoms with Gasteiger partial charge >= 0.3 is 0 Å².